The molecular weight excluding hydrogens is 128 g/mol. The number of thiol groups is 1. The SMILES string of the molecule is CCC1CC2CC2(S)C1. The van der Waals surface area contributed by atoms with Crippen LogP contribution in [0.2, 0.25) is 0 Å². The normalized spacial score (nSPS) is 55.3. The zero-order valence-corrected chi connectivity index (χ0v) is 6.82. The van der Waals surface area contributed by atoms with E-state index in [1.165, 1.54) is 25.7 Å². The van der Waals surface area contributed by atoms with Crippen molar-refractivity contribution in [1.82, 2.24) is 0 Å². The van der Waals surface area contributed by atoms with Crippen LogP contribution in [0.4, 0.5) is 0 Å². The lowest BCUT2D eigenvalue weighted by Crippen LogP contribution is -1.99. The van der Waals surface area contributed by atoms with Crippen molar-refractivity contribution in [3.63, 3.8) is 0 Å². The molecule has 0 saturated heterocycles. The van der Waals surface area contributed by atoms with E-state index in [0.29, 0.717) is 4.75 Å². The Kier molecular flexibility index (Phi) is 1.14. The van der Waals surface area contributed by atoms with E-state index in [1.807, 2.05) is 0 Å². The van der Waals surface area contributed by atoms with Crippen molar-refractivity contribution >= 4 is 12.6 Å². The number of hydrogen-bond donors (Lipinski definition) is 1. The summed E-state index contributed by atoms with van der Waals surface area (Å²) in [5.74, 6) is 2.02. The van der Waals surface area contributed by atoms with Crippen molar-refractivity contribution in [3.8, 4) is 0 Å². The van der Waals surface area contributed by atoms with E-state index in [0.717, 1.165) is 11.8 Å². The number of rotatable bonds is 1. The van der Waals surface area contributed by atoms with E-state index < -0.39 is 0 Å². The minimum atomic E-state index is 0.528. The summed E-state index contributed by atoms with van der Waals surface area (Å²) in [7, 11) is 0. The molecule has 1 heteroatoms. The smallest absolute Gasteiger partial charge is 0.0164 e. The van der Waals surface area contributed by atoms with Gasteiger partial charge < -0.3 is 0 Å². The summed E-state index contributed by atoms with van der Waals surface area (Å²) >= 11 is 4.64. The third-order valence-corrected chi connectivity index (χ3v) is 3.77. The maximum atomic E-state index is 4.64. The van der Waals surface area contributed by atoms with Gasteiger partial charge in [0, 0.05) is 4.75 Å². The second-order valence-corrected chi connectivity index (χ2v) is 4.61. The maximum absolute atomic E-state index is 4.64. The van der Waals surface area contributed by atoms with Crippen LogP contribution in [0.25, 0.3) is 0 Å². The van der Waals surface area contributed by atoms with Crippen LogP contribution in [0.15, 0.2) is 0 Å². The molecule has 2 aliphatic rings. The molecule has 0 radical (unpaired) electrons. The first-order valence-corrected chi connectivity index (χ1v) is 4.41. The zero-order chi connectivity index (χ0) is 6.48. The Morgan fingerprint density at radius 3 is 2.67 bits per heavy atom. The van der Waals surface area contributed by atoms with Crippen molar-refractivity contribution in [3.05, 3.63) is 0 Å². The van der Waals surface area contributed by atoms with Crippen LogP contribution in [0.3, 0.4) is 0 Å². The van der Waals surface area contributed by atoms with Crippen LogP contribution in [0, 0.1) is 11.8 Å². The Balaban J connectivity index is 1.98. The summed E-state index contributed by atoms with van der Waals surface area (Å²) in [6.45, 7) is 2.30. The van der Waals surface area contributed by atoms with Gasteiger partial charge in [-0.1, -0.05) is 13.3 Å². The summed E-state index contributed by atoms with van der Waals surface area (Å²) in [5, 5.41) is 0. The van der Waals surface area contributed by atoms with E-state index >= 15 is 0 Å². The second-order valence-electron chi connectivity index (χ2n) is 3.72. The molecule has 0 aliphatic heterocycles. The minimum Gasteiger partial charge on any atom is -0.172 e. The molecule has 0 aromatic rings. The molecule has 0 spiro atoms. The third-order valence-electron chi connectivity index (χ3n) is 3.04. The molecule has 3 atom stereocenters. The Labute approximate surface area is 62.4 Å². The molecule has 0 heterocycles. The highest BCUT2D eigenvalue weighted by Gasteiger charge is 2.56. The Morgan fingerprint density at radius 1 is 1.56 bits per heavy atom. The third kappa shape index (κ3) is 0.813. The fraction of sp³-hybridized carbons (Fsp3) is 1.00. The van der Waals surface area contributed by atoms with Crippen molar-refractivity contribution in [1.29, 1.82) is 0 Å². The first-order valence-electron chi connectivity index (χ1n) is 3.97. The lowest BCUT2D eigenvalue weighted by atomic mass is 10.0. The Bertz CT molecular complexity index is 133. The van der Waals surface area contributed by atoms with Gasteiger partial charge in [-0.05, 0) is 31.1 Å². The molecule has 0 nitrogen and oxygen atoms in total. The average molecular weight is 142 g/mol. The second kappa shape index (κ2) is 1.69. The number of hydrogen-bond acceptors (Lipinski definition) is 1. The van der Waals surface area contributed by atoms with Crippen LogP contribution in [-0.2, 0) is 0 Å². The van der Waals surface area contributed by atoms with Gasteiger partial charge in [-0.25, -0.2) is 0 Å². The topological polar surface area (TPSA) is 0 Å². The highest BCUT2D eigenvalue weighted by Crippen LogP contribution is 2.62. The van der Waals surface area contributed by atoms with E-state index in [-0.39, 0.29) is 0 Å². The molecule has 0 N–H and O–H groups in total. The van der Waals surface area contributed by atoms with Crippen molar-refractivity contribution in [2.24, 2.45) is 11.8 Å². The molecule has 52 valence electrons. The van der Waals surface area contributed by atoms with Crippen LogP contribution in [0.1, 0.15) is 32.6 Å². The summed E-state index contributed by atoms with van der Waals surface area (Å²) in [6, 6.07) is 0. The first-order chi connectivity index (χ1) is 4.24. The van der Waals surface area contributed by atoms with Crippen molar-refractivity contribution in [2.75, 3.05) is 0 Å². The molecule has 2 rings (SSSR count). The first kappa shape index (κ1) is 6.09. The zero-order valence-electron chi connectivity index (χ0n) is 5.93. The molecule has 3 unspecified atom stereocenters. The van der Waals surface area contributed by atoms with Gasteiger partial charge in [0.05, 0.1) is 0 Å². The van der Waals surface area contributed by atoms with E-state index in [2.05, 4.69) is 19.6 Å². The maximum Gasteiger partial charge on any atom is 0.0164 e. The van der Waals surface area contributed by atoms with Crippen molar-refractivity contribution in [2.45, 2.75) is 37.4 Å². The predicted octanol–water partition coefficient (Wildman–Crippen LogP) is 2.49. The fourth-order valence-corrected chi connectivity index (χ4v) is 2.80. The Hall–Kier alpha value is 0.350. The lowest BCUT2D eigenvalue weighted by molar-refractivity contribution is 0.478. The molecule has 2 saturated carbocycles. The summed E-state index contributed by atoms with van der Waals surface area (Å²) in [4.78, 5) is 0. The lowest BCUT2D eigenvalue weighted by Gasteiger charge is -2.08. The van der Waals surface area contributed by atoms with E-state index in [4.69, 9.17) is 0 Å². The largest absolute Gasteiger partial charge is 0.172 e. The fourth-order valence-electron chi connectivity index (χ4n) is 2.22. The quantitative estimate of drug-likeness (QED) is 0.534. The molecular formula is C8H14S. The van der Waals surface area contributed by atoms with Gasteiger partial charge in [-0.15, -0.1) is 0 Å². The highest BCUT2D eigenvalue weighted by atomic mass is 32.1. The molecule has 0 aromatic heterocycles. The van der Waals surface area contributed by atoms with Gasteiger partial charge in [-0.2, -0.15) is 12.6 Å². The Morgan fingerprint density at radius 2 is 2.33 bits per heavy atom. The van der Waals surface area contributed by atoms with Gasteiger partial charge in [0.2, 0.25) is 0 Å². The average Bonchev–Trinajstić information content (AvgIpc) is 2.33. The minimum absolute atomic E-state index is 0.528. The standard InChI is InChI=1S/C8H14S/c1-2-6-3-7-5-8(7,9)4-6/h6-7,9H,2-5H2,1H3. The molecule has 2 aliphatic carbocycles. The van der Waals surface area contributed by atoms with Crippen molar-refractivity contribution < 1.29 is 0 Å². The van der Waals surface area contributed by atoms with Crippen LogP contribution < -0.4 is 0 Å². The van der Waals surface area contributed by atoms with Crippen LogP contribution >= 0.6 is 12.6 Å². The summed E-state index contributed by atoms with van der Waals surface area (Å²) in [6.07, 6.45) is 5.66. The van der Waals surface area contributed by atoms with Gasteiger partial charge in [-0.3, -0.25) is 0 Å². The van der Waals surface area contributed by atoms with E-state index in [9.17, 15) is 0 Å². The molecule has 2 fully saturated rings. The summed E-state index contributed by atoms with van der Waals surface area (Å²) in [5.41, 5.74) is 0. The number of fused-ring (bicyclic) bond motifs is 1. The summed E-state index contributed by atoms with van der Waals surface area (Å²) < 4.78 is 0.528. The van der Waals surface area contributed by atoms with Gasteiger partial charge in [0.15, 0.2) is 0 Å². The van der Waals surface area contributed by atoms with Crippen LogP contribution in [0.5, 0.6) is 0 Å². The molecule has 0 amide bonds. The predicted molar refractivity (Wildman–Crippen MR) is 42.8 cm³/mol. The van der Waals surface area contributed by atoms with Crippen LogP contribution in [-0.4, -0.2) is 4.75 Å². The van der Waals surface area contributed by atoms with Gasteiger partial charge in [0.1, 0.15) is 0 Å². The molecule has 0 bridgehead atoms. The molecule has 9 heavy (non-hydrogen) atoms. The molecule has 0 aromatic carbocycles. The monoisotopic (exact) mass is 142 g/mol. The van der Waals surface area contributed by atoms with E-state index in [1.54, 1.807) is 0 Å². The highest BCUT2D eigenvalue weighted by molar-refractivity contribution is 7.82. The van der Waals surface area contributed by atoms with Gasteiger partial charge in [0.25, 0.3) is 0 Å². The van der Waals surface area contributed by atoms with Gasteiger partial charge >= 0.3 is 0 Å².